The molecule has 1 unspecified atom stereocenters. The van der Waals surface area contributed by atoms with Gasteiger partial charge in [0.05, 0.1) is 10.6 Å². The minimum atomic E-state index is -4.07. The summed E-state index contributed by atoms with van der Waals surface area (Å²) in [5.41, 5.74) is 2.06. The van der Waals surface area contributed by atoms with Gasteiger partial charge in [0.2, 0.25) is 11.8 Å². The Morgan fingerprint density at radius 3 is 2.16 bits per heavy atom. The third-order valence-electron chi connectivity index (χ3n) is 6.04. The number of nitrogens with zero attached hydrogens (tertiary/aromatic N) is 2. The molecule has 3 rings (SSSR count). The second kappa shape index (κ2) is 12.9. The summed E-state index contributed by atoms with van der Waals surface area (Å²) in [6.07, 6.45) is 0.586. The van der Waals surface area contributed by atoms with E-state index in [4.69, 9.17) is 0 Å². The van der Waals surface area contributed by atoms with Gasteiger partial charge in [0.15, 0.2) is 0 Å². The number of halogens is 1. The van der Waals surface area contributed by atoms with Crippen LogP contribution in [-0.4, -0.2) is 44.3 Å². The Balaban J connectivity index is 2.05. The lowest BCUT2D eigenvalue weighted by Crippen LogP contribution is -2.51. The molecular formula is C28H32BrN3O4S. The lowest BCUT2D eigenvalue weighted by Gasteiger charge is -2.32. The van der Waals surface area contributed by atoms with Gasteiger partial charge in [-0.15, -0.1) is 0 Å². The molecule has 0 heterocycles. The van der Waals surface area contributed by atoms with Crippen molar-refractivity contribution in [2.45, 2.75) is 44.7 Å². The van der Waals surface area contributed by atoms with Crippen molar-refractivity contribution in [3.8, 4) is 0 Å². The van der Waals surface area contributed by atoms with Gasteiger partial charge in [0, 0.05) is 17.6 Å². The molecule has 9 heteroatoms. The molecule has 0 fully saturated rings. The molecule has 3 aromatic rings. The van der Waals surface area contributed by atoms with E-state index in [-0.39, 0.29) is 17.3 Å². The average Bonchev–Trinajstić information content (AvgIpc) is 2.91. The normalized spacial score (nSPS) is 12.0. The van der Waals surface area contributed by atoms with Crippen LogP contribution in [0.3, 0.4) is 0 Å². The van der Waals surface area contributed by atoms with Crippen LogP contribution in [0.15, 0.2) is 88.2 Å². The molecular weight excluding hydrogens is 554 g/mol. The van der Waals surface area contributed by atoms with E-state index in [1.54, 1.807) is 44.2 Å². The van der Waals surface area contributed by atoms with E-state index >= 15 is 0 Å². The van der Waals surface area contributed by atoms with Crippen LogP contribution in [0.2, 0.25) is 0 Å². The maximum absolute atomic E-state index is 13.9. The summed E-state index contributed by atoms with van der Waals surface area (Å²) in [6.45, 7) is 5.51. The Morgan fingerprint density at radius 2 is 1.54 bits per heavy atom. The van der Waals surface area contributed by atoms with Crippen molar-refractivity contribution < 1.29 is 18.0 Å². The zero-order valence-electron chi connectivity index (χ0n) is 21.2. The van der Waals surface area contributed by atoms with E-state index in [1.807, 2.05) is 43.3 Å². The fourth-order valence-electron chi connectivity index (χ4n) is 3.98. The highest BCUT2D eigenvalue weighted by Crippen LogP contribution is 2.28. The monoisotopic (exact) mass is 585 g/mol. The first-order valence-corrected chi connectivity index (χ1v) is 14.4. The molecule has 37 heavy (non-hydrogen) atoms. The van der Waals surface area contributed by atoms with Crippen LogP contribution in [0.1, 0.15) is 31.9 Å². The van der Waals surface area contributed by atoms with Gasteiger partial charge in [-0.3, -0.25) is 13.9 Å². The van der Waals surface area contributed by atoms with Crippen LogP contribution in [0.25, 0.3) is 0 Å². The Hall–Kier alpha value is -3.17. The van der Waals surface area contributed by atoms with Crippen molar-refractivity contribution in [3.63, 3.8) is 0 Å². The summed E-state index contributed by atoms with van der Waals surface area (Å²) in [5, 5.41) is 2.76. The number of amides is 2. The van der Waals surface area contributed by atoms with Crippen LogP contribution in [0.4, 0.5) is 5.69 Å². The molecule has 7 nitrogen and oxygen atoms in total. The van der Waals surface area contributed by atoms with Crippen LogP contribution in [0, 0.1) is 0 Å². The largest absolute Gasteiger partial charge is 0.355 e. The summed E-state index contributed by atoms with van der Waals surface area (Å²) in [4.78, 5) is 28.1. The van der Waals surface area contributed by atoms with Gasteiger partial charge in [-0.05, 0) is 61.7 Å². The molecule has 0 aromatic heterocycles. The Kier molecular flexibility index (Phi) is 9.88. The van der Waals surface area contributed by atoms with Crippen molar-refractivity contribution in [1.29, 1.82) is 0 Å². The number of anilines is 1. The van der Waals surface area contributed by atoms with E-state index in [1.165, 1.54) is 17.0 Å². The van der Waals surface area contributed by atoms with Crippen LogP contribution >= 0.6 is 15.9 Å². The first kappa shape index (κ1) is 28.4. The number of hydrogen-bond acceptors (Lipinski definition) is 4. The minimum Gasteiger partial charge on any atom is -0.355 e. The minimum absolute atomic E-state index is 0.0879. The number of likely N-dealkylation sites (N-methyl/N-ethyl adjacent to an activating group) is 1. The van der Waals surface area contributed by atoms with Crippen molar-refractivity contribution in [2.24, 2.45) is 0 Å². The van der Waals surface area contributed by atoms with Crippen LogP contribution in [0.5, 0.6) is 0 Å². The topological polar surface area (TPSA) is 86.8 Å². The summed E-state index contributed by atoms with van der Waals surface area (Å²) >= 11 is 3.41. The third-order valence-corrected chi connectivity index (χ3v) is 8.34. The maximum atomic E-state index is 13.9. The van der Waals surface area contributed by atoms with E-state index in [0.717, 1.165) is 19.9 Å². The molecule has 0 saturated heterocycles. The Labute approximate surface area is 227 Å². The van der Waals surface area contributed by atoms with Gasteiger partial charge < -0.3 is 10.2 Å². The summed E-state index contributed by atoms with van der Waals surface area (Å²) in [5.74, 6) is -0.786. The summed E-state index contributed by atoms with van der Waals surface area (Å²) in [7, 11) is -4.07. The Morgan fingerprint density at radius 1 is 0.919 bits per heavy atom. The van der Waals surface area contributed by atoms with E-state index in [2.05, 4.69) is 21.2 Å². The van der Waals surface area contributed by atoms with Gasteiger partial charge in [-0.2, -0.15) is 0 Å². The smallest absolute Gasteiger partial charge is 0.264 e. The van der Waals surface area contributed by atoms with E-state index in [9.17, 15) is 18.0 Å². The quantitative estimate of drug-likeness (QED) is 0.351. The highest BCUT2D eigenvalue weighted by Gasteiger charge is 2.33. The van der Waals surface area contributed by atoms with Gasteiger partial charge in [0.1, 0.15) is 12.6 Å². The molecule has 196 valence electrons. The highest BCUT2D eigenvalue weighted by atomic mass is 79.9. The average molecular weight is 587 g/mol. The number of hydrogen-bond donors (Lipinski definition) is 1. The fraction of sp³-hybridized carbons (Fsp3) is 0.286. The van der Waals surface area contributed by atoms with Gasteiger partial charge in [-0.1, -0.05) is 71.4 Å². The number of carbonyl (C=O) groups is 2. The number of nitrogens with one attached hydrogen (secondary N) is 1. The van der Waals surface area contributed by atoms with Crippen LogP contribution in [-0.2, 0) is 32.6 Å². The Bertz CT molecular complexity index is 1310. The van der Waals surface area contributed by atoms with Gasteiger partial charge in [-0.25, -0.2) is 8.42 Å². The number of para-hydroxylation sites is 1. The molecule has 0 aliphatic carbocycles. The van der Waals surface area contributed by atoms with Gasteiger partial charge >= 0.3 is 0 Å². The van der Waals surface area contributed by atoms with Gasteiger partial charge in [0.25, 0.3) is 10.0 Å². The molecule has 0 aliphatic rings. The van der Waals surface area contributed by atoms with Crippen LogP contribution < -0.4 is 9.62 Å². The fourth-order valence-corrected chi connectivity index (χ4v) is 5.71. The molecule has 0 saturated carbocycles. The number of carbonyl (C=O) groups excluding carboxylic acids is 2. The first-order valence-electron chi connectivity index (χ1n) is 12.2. The van der Waals surface area contributed by atoms with Crippen molar-refractivity contribution in [3.05, 3.63) is 94.5 Å². The van der Waals surface area contributed by atoms with Crippen molar-refractivity contribution in [2.75, 3.05) is 17.4 Å². The standard InChI is InChI=1S/C28H32BrN3O4S/c1-4-23-11-9-10-14-26(23)32(37(35,36)25-12-7-6-8-13-25)20-27(33)31(21(3)28(34)30-5-2)19-22-15-17-24(29)18-16-22/h6-18,21H,4-5,19-20H2,1-3H3,(H,30,34). The predicted octanol–water partition coefficient (Wildman–Crippen LogP) is 4.76. The second-order valence-corrected chi connectivity index (χ2v) is 11.3. The molecule has 0 spiro atoms. The number of sulfonamides is 1. The van der Waals surface area contributed by atoms with Crippen molar-refractivity contribution >= 4 is 43.5 Å². The molecule has 0 bridgehead atoms. The zero-order valence-corrected chi connectivity index (χ0v) is 23.6. The molecule has 1 N–H and O–H groups in total. The summed E-state index contributed by atoms with van der Waals surface area (Å²) < 4.78 is 29.7. The van der Waals surface area contributed by atoms with E-state index < -0.39 is 28.5 Å². The maximum Gasteiger partial charge on any atom is 0.264 e. The lowest BCUT2D eigenvalue weighted by atomic mass is 10.1. The number of rotatable bonds is 11. The van der Waals surface area contributed by atoms with E-state index in [0.29, 0.717) is 18.7 Å². The molecule has 3 aromatic carbocycles. The van der Waals surface area contributed by atoms with Crippen molar-refractivity contribution in [1.82, 2.24) is 10.2 Å². The number of aryl methyl sites for hydroxylation is 1. The summed E-state index contributed by atoms with van der Waals surface area (Å²) in [6, 6.07) is 21.8. The highest BCUT2D eigenvalue weighted by molar-refractivity contribution is 9.10. The SMILES string of the molecule is CCNC(=O)C(C)N(Cc1ccc(Br)cc1)C(=O)CN(c1ccccc1CC)S(=O)(=O)c1ccccc1. The second-order valence-electron chi connectivity index (χ2n) is 8.53. The molecule has 0 radical (unpaired) electrons. The number of benzene rings is 3. The zero-order chi connectivity index (χ0) is 27.0. The first-order chi connectivity index (χ1) is 17.7. The predicted molar refractivity (Wildman–Crippen MR) is 150 cm³/mol. The third kappa shape index (κ3) is 6.99. The molecule has 2 amide bonds. The lowest BCUT2D eigenvalue weighted by molar-refractivity contribution is -0.139. The molecule has 1 atom stereocenters. The molecule has 0 aliphatic heterocycles.